The van der Waals surface area contributed by atoms with Crippen LogP contribution in [0.15, 0.2) is 6.07 Å². The number of hydrogen-bond donors (Lipinski definition) is 0. The van der Waals surface area contributed by atoms with Crippen molar-refractivity contribution in [2.45, 2.75) is 46.1 Å². The molecule has 0 saturated carbocycles. The smallest absolute Gasteiger partial charge is 0.272 e. The normalized spacial score (nSPS) is 25.0. The second kappa shape index (κ2) is 6.56. The number of carbonyl (C=O) groups is 1. The van der Waals surface area contributed by atoms with Crippen LogP contribution in [0, 0.1) is 18.8 Å². The molecule has 4 heterocycles. The van der Waals surface area contributed by atoms with Gasteiger partial charge in [0.15, 0.2) is 0 Å². The van der Waals surface area contributed by atoms with Gasteiger partial charge in [0.2, 0.25) is 0 Å². The maximum atomic E-state index is 13.1. The lowest BCUT2D eigenvalue weighted by atomic mass is 9.94. The summed E-state index contributed by atoms with van der Waals surface area (Å²) in [7, 11) is 2.16. The zero-order chi connectivity index (χ0) is 16.6. The van der Waals surface area contributed by atoms with Crippen LogP contribution < -0.4 is 0 Å². The number of aromatic nitrogens is 2. The molecule has 1 amide bonds. The summed E-state index contributed by atoms with van der Waals surface area (Å²) in [4.78, 5) is 26.4. The van der Waals surface area contributed by atoms with E-state index in [1.54, 1.807) is 0 Å². The minimum absolute atomic E-state index is 0.0884. The summed E-state index contributed by atoms with van der Waals surface area (Å²) in [5.74, 6) is 1.91. The van der Waals surface area contributed by atoms with E-state index in [-0.39, 0.29) is 5.91 Å². The maximum absolute atomic E-state index is 13.1. The quantitative estimate of drug-likeness (QED) is 0.857. The van der Waals surface area contributed by atoms with Crippen molar-refractivity contribution in [3.05, 3.63) is 23.3 Å². The Kier molecular flexibility index (Phi) is 4.67. The van der Waals surface area contributed by atoms with Crippen molar-refractivity contribution in [3.8, 4) is 0 Å². The summed E-state index contributed by atoms with van der Waals surface area (Å²) in [6, 6.07) is 2.23. The molecule has 2 atom stereocenters. The zero-order valence-electron chi connectivity index (χ0n) is 14.7. The Morgan fingerprint density at radius 3 is 2.78 bits per heavy atom. The average molecular weight is 316 g/mol. The van der Waals surface area contributed by atoms with E-state index >= 15 is 0 Å². The van der Waals surface area contributed by atoms with Gasteiger partial charge in [0.05, 0.1) is 0 Å². The number of hydrogen-bond acceptors (Lipinski definition) is 4. The molecule has 0 unspecified atom stereocenters. The largest absolute Gasteiger partial charge is 0.333 e. The molecule has 4 rings (SSSR count). The summed E-state index contributed by atoms with van der Waals surface area (Å²) in [6.07, 6.45) is 3.24. The molecule has 5 nitrogen and oxygen atoms in total. The summed E-state index contributed by atoms with van der Waals surface area (Å²) in [5, 5.41) is 0. The Labute approximate surface area is 139 Å². The molecule has 1 aromatic heterocycles. The highest BCUT2D eigenvalue weighted by molar-refractivity contribution is 5.92. The molecular weight excluding hydrogens is 288 g/mol. The predicted octanol–water partition coefficient (Wildman–Crippen LogP) is 2.15. The van der Waals surface area contributed by atoms with Gasteiger partial charge >= 0.3 is 0 Å². The van der Waals surface area contributed by atoms with Crippen molar-refractivity contribution in [1.82, 2.24) is 19.8 Å². The molecule has 3 aliphatic rings. The minimum atomic E-state index is 0.0884. The number of carbonyl (C=O) groups excluding carboxylic acids is 1. The summed E-state index contributed by atoms with van der Waals surface area (Å²) >= 11 is 0. The molecule has 3 saturated heterocycles. The maximum Gasteiger partial charge on any atom is 0.272 e. The molecule has 3 aliphatic heterocycles. The molecule has 23 heavy (non-hydrogen) atoms. The number of piperidine rings is 1. The van der Waals surface area contributed by atoms with E-state index < -0.39 is 0 Å². The first-order valence-corrected chi connectivity index (χ1v) is 8.76. The van der Waals surface area contributed by atoms with Crippen molar-refractivity contribution in [2.75, 3.05) is 26.7 Å². The second-order valence-electron chi connectivity index (χ2n) is 7.67. The highest BCUT2D eigenvalue weighted by Gasteiger charge is 2.36. The fourth-order valence-electron chi connectivity index (χ4n) is 3.97. The lowest BCUT2D eigenvalue weighted by Crippen LogP contribution is -2.47. The van der Waals surface area contributed by atoms with Gasteiger partial charge in [-0.25, -0.2) is 9.97 Å². The van der Waals surface area contributed by atoms with Gasteiger partial charge in [-0.2, -0.15) is 0 Å². The van der Waals surface area contributed by atoms with Gasteiger partial charge in [-0.05, 0) is 51.1 Å². The highest BCUT2D eigenvalue weighted by Crippen LogP contribution is 2.28. The van der Waals surface area contributed by atoms with E-state index in [4.69, 9.17) is 0 Å². The molecular formula is C18H28N4O. The van der Waals surface area contributed by atoms with Crippen LogP contribution in [0.3, 0.4) is 0 Å². The van der Waals surface area contributed by atoms with Crippen LogP contribution in [0.1, 0.15) is 48.7 Å². The lowest BCUT2D eigenvalue weighted by molar-refractivity contribution is 0.0580. The zero-order valence-corrected chi connectivity index (χ0v) is 14.7. The summed E-state index contributed by atoms with van der Waals surface area (Å²) in [5.41, 5.74) is 1.55. The molecule has 0 radical (unpaired) electrons. The first-order valence-electron chi connectivity index (χ1n) is 8.76. The number of aryl methyl sites for hydroxylation is 1. The third-order valence-corrected chi connectivity index (χ3v) is 4.88. The van der Waals surface area contributed by atoms with Crippen LogP contribution >= 0.6 is 0 Å². The highest BCUT2D eigenvalue weighted by atomic mass is 16.2. The van der Waals surface area contributed by atoms with Crippen LogP contribution in [0.2, 0.25) is 0 Å². The van der Waals surface area contributed by atoms with Gasteiger partial charge in [-0.3, -0.25) is 4.79 Å². The fraction of sp³-hybridized carbons (Fsp3) is 0.722. The lowest BCUT2D eigenvalue weighted by Gasteiger charge is -2.36. The first-order chi connectivity index (χ1) is 10.9. The van der Waals surface area contributed by atoms with Crippen LogP contribution in [0.5, 0.6) is 0 Å². The van der Waals surface area contributed by atoms with Gasteiger partial charge in [-0.1, -0.05) is 13.8 Å². The molecule has 0 spiro atoms. The molecule has 3 fully saturated rings. The number of amides is 1. The SMILES string of the molecule is Cc1nc(CC(C)C)cc(C(=O)N2C[C@@H]3CC[C@H]2CN(C)C3)n1. The Morgan fingerprint density at radius 1 is 1.26 bits per heavy atom. The van der Waals surface area contributed by atoms with Gasteiger partial charge in [0.25, 0.3) is 5.91 Å². The number of fused-ring (bicyclic) bond motifs is 4. The monoisotopic (exact) mass is 316 g/mol. The van der Waals surface area contributed by atoms with Gasteiger partial charge in [-0.15, -0.1) is 0 Å². The molecule has 2 bridgehead atoms. The standard InChI is InChI=1S/C18H28N4O/c1-12(2)7-15-8-17(20-13(3)19-15)18(23)22-10-14-5-6-16(22)11-21(4)9-14/h8,12,14,16H,5-7,9-11H2,1-4H3/t14-,16+/m1/s1. The van der Waals surface area contributed by atoms with Crippen LogP contribution in [-0.2, 0) is 6.42 Å². The summed E-state index contributed by atoms with van der Waals surface area (Å²) in [6.45, 7) is 9.16. The first kappa shape index (κ1) is 16.4. The van der Waals surface area contributed by atoms with Gasteiger partial charge < -0.3 is 9.80 Å². The van der Waals surface area contributed by atoms with Crippen LogP contribution in [0.4, 0.5) is 0 Å². The Bertz CT molecular complexity index is 586. The van der Waals surface area contributed by atoms with E-state index in [1.165, 1.54) is 6.42 Å². The van der Waals surface area contributed by atoms with Crippen molar-refractivity contribution in [3.63, 3.8) is 0 Å². The Hall–Kier alpha value is -1.49. The molecule has 5 heteroatoms. The Balaban J connectivity index is 1.84. The van der Waals surface area contributed by atoms with E-state index in [1.807, 2.05) is 13.0 Å². The van der Waals surface area contributed by atoms with Crippen molar-refractivity contribution < 1.29 is 4.79 Å². The molecule has 0 N–H and O–H groups in total. The van der Waals surface area contributed by atoms with E-state index in [9.17, 15) is 4.79 Å². The number of nitrogens with zero attached hydrogens (tertiary/aromatic N) is 4. The van der Waals surface area contributed by atoms with E-state index in [0.717, 1.165) is 38.2 Å². The van der Waals surface area contributed by atoms with Gasteiger partial charge in [0.1, 0.15) is 11.5 Å². The third-order valence-electron chi connectivity index (χ3n) is 4.88. The van der Waals surface area contributed by atoms with Gasteiger partial charge in [0, 0.05) is 31.4 Å². The molecule has 0 aromatic carbocycles. The van der Waals surface area contributed by atoms with Crippen LogP contribution in [-0.4, -0.2) is 58.4 Å². The fourth-order valence-corrected chi connectivity index (χ4v) is 3.97. The van der Waals surface area contributed by atoms with E-state index in [2.05, 4.69) is 40.7 Å². The van der Waals surface area contributed by atoms with Crippen LogP contribution in [0.25, 0.3) is 0 Å². The molecule has 0 aliphatic carbocycles. The topological polar surface area (TPSA) is 49.3 Å². The minimum Gasteiger partial charge on any atom is -0.333 e. The number of rotatable bonds is 3. The number of likely N-dealkylation sites (N-methyl/N-ethyl adjacent to an activating group) is 1. The third kappa shape index (κ3) is 3.71. The summed E-state index contributed by atoms with van der Waals surface area (Å²) < 4.78 is 0. The molecule has 126 valence electrons. The second-order valence-corrected chi connectivity index (χ2v) is 7.67. The van der Waals surface area contributed by atoms with Crippen molar-refractivity contribution in [1.29, 1.82) is 0 Å². The predicted molar refractivity (Wildman–Crippen MR) is 90.4 cm³/mol. The van der Waals surface area contributed by atoms with Crippen molar-refractivity contribution >= 4 is 5.91 Å². The Morgan fingerprint density at radius 2 is 2.04 bits per heavy atom. The average Bonchev–Trinajstić information content (AvgIpc) is 2.73. The molecule has 1 aromatic rings. The van der Waals surface area contributed by atoms with E-state index in [0.29, 0.717) is 29.4 Å². The van der Waals surface area contributed by atoms with Crippen molar-refractivity contribution in [2.24, 2.45) is 11.8 Å².